The molecule has 20 heavy (non-hydrogen) atoms. The fourth-order valence-electron chi connectivity index (χ4n) is 2.24. The Bertz CT molecular complexity index is 566. The Morgan fingerprint density at radius 2 is 1.80 bits per heavy atom. The molecule has 0 heterocycles. The molecule has 0 saturated heterocycles. The third-order valence-corrected chi connectivity index (χ3v) is 3.56. The van der Waals surface area contributed by atoms with Crippen LogP contribution in [0.5, 0.6) is 0 Å². The van der Waals surface area contributed by atoms with Crippen LogP contribution in [0.15, 0.2) is 46.9 Å². The van der Waals surface area contributed by atoms with Crippen molar-refractivity contribution in [2.24, 2.45) is 0 Å². The van der Waals surface area contributed by atoms with Crippen molar-refractivity contribution in [1.82, 2.24) is 5.32 Å². The summed E-state index contributed by atoms with van der Waals surface area (Å²) in [6.07, 6.45) is 0.541. The molecule has 4 heteroatoms. The van der Waals surface area contributed by atoms with E-state index in [1.165, 1.54) is 12.1 Å². The first kappa shape index (κ1) is 15.1. The van der Waals surface area contributed by atoms with Gasteiger partial charge in [0.15, 0.2) is 0 Å². The molecule has 0 aliphatic heterocycles. The first-order chi connectivity index (χ1) is 9.58. The lowest BCUT2D eigenvalue weighted by atomic mass is 9.98. The Hall–Kier alpha value is -1.26. The van der Waals surface area contributed by atoms with E-state index in [4.69, 9.17) is 0 Å². The summed E-state index contributed by atoms with van der Waals surface area (Å²) in [7, 11) is 0. The second-order valence-electron chi connectivity index (χ2n) is 4.65. The van der Waals surface area contributed by atoms with Crippen molar-refractivity contribution in [2.75, 3.05) is 6.54 Å². The van der Waals surface area contributed by atoms with Crippen LogP contribution in [0.2, 0.25) is 0 Å². The normalized spacial score (nSPS) is 12.4. The average molecular weight is 340 g/mol. The van der Waals surface area contributed by atoms with Crippen molar-refractivity contribution in [3.8, 4) is 0 Å². The number of halogens is 3. The number of hydrogen-bond acceptors (Lipinski definition) is 1. The molecule has 0 aliphatic carbocycles. The van der Waals surface area contributed by atoms with Crippen molar-refractivity contribution in [3.05, 3.63) is 69.7 Å². The summed E-state index contributed by atoms with van der Waals surface area (Å²) in [6, 6.07) is 11.6. The van der Waals surface area contributed by atoms with Crippen LogP contribution in [0, 0.1) is 11.6 Å². The molecule has 0 fully saturated rings. The van der Waals surface area contributed by atoms with Gasteiger partial charge < -0.3 is 5.32 Å². The molecule has 2 aromatic rings. The van der Waals surface area contributed by atoms with Gasteiger partial charge in [0.1, 0.15) is 11.6 Å². The van der Waals surface area contributed by atoms with Gasteiger partial charge in [-0.25, -0.2) is 8.78 Å². The van der Waals surface area contributed by atoms with Crippen LogP contribution in [-0.4, -0.2) is 6.54 Å². The van der Waals surface area contributed by atoms with Gasteiger partial charge in [0.05, 0.1) is 0 Å². The molecule has 106 valence electrons. The summed E-state index contributed by atoms with van der Waals surface area (Å²) >= 11 is 3.44. The summed E-state index contributed by atoms with van der Waals surface area (Å²) < 4.78 is 27.5. The molecule has 1 nitrogen and oxygen atoms in total. The van der Waals surface area contributed by atoms with Gasteiger partial charge in [-0.2, -0.15) is 0 Å². The minimum absolute atomic E-state index is 0.0266. The highest BCUT2D eigenvalue weighted by molar-refractivity contribution is 9.10. The minimum atomic E-state index is -0.538. The van der Waals surface area contributed by atoms with Gasteiger partial charge >= 0.3 is 0 Å². The van der Waals surface area contributed by atoms with Gasteiger partial charge in [-0.3, -0.25) is 0 Å². The molecule has 2 aromatic carbocycles. The van der Waals surface area contributed by atoms with Crippen LogP contribution in [0.25, 0.3) is 0 Å². The molecule has 0 aromatic heterocycles. The third kappa shape index (κ3) is 4.12. The van der Waals surface area contributed by atoms with E-state index in [9.17, 15) is 8.78 Å². The number of nitrogens with one attached hydrogen (secondary N) is 1. The molecule has 1 unspecified atom stereocenters. The maximum absolute atomic E-state index is 13.3. The summed E-state index contributed by atoms with van der Waals surface area (Å²) in [4.78, 5) is 0. The van der Waals surface area contributed by atoms with E-state index in [2.05, 4.69) is 21.2 Å². The summed E-state index contributed by atoms with van der Waals surface area (Å²) in [5.41, 5.74) is 1.74. The van der Waals surface area contributed by atoms with E-state index in [1.807, 2.05) is 31.2 Å². The molecule has 0 amide bonds. The van der Waals surface area contributed by atoms with E-state index in [0.29, 0.717) is 12.0 Å². The van der Waals surface area contributed by atoms with E-state index < -0.39 is 11.6 Å². The lowest BCUT2D eigenvalue weighted by molar-refractivity contribution is 0.539. The lowest BCUT2D eigenvalue weighted by Gasteiger charge is -2.19. The Kier molecular flexibility index (Phi) is 5.26. The predicted octanol–water partition coefficient (Wildman–Crippen LogP) is 4.62. The van der Waals surface area contributed by atoms with Gasteiger partial charge in [-0.15, -0.1) is 0 Å². The zero-order valence-corrected chi connectivity index (χ0v) is 12.8. The van der Waals surface area contributed by atoms with E-state index in [0.717, 1.165) is 22.6 Å². The first-order valence-electron chi connectivity index (χ1n) is 6.52. The highest BCUT2D eigenvalue weighted by atomic mass is 79.9. The molecule has 0 radical (unpaired) electrons. The van der Waals surface area contributed by atoms with E-state index in [-0.39, 0.29) is 6.04 Å². The van der Waals surface area contributed by atoms with Crippen LogP contribution in [0.3, 0.4) is 0 Å². The predicted molar refractivity (Wildman–Crippen MR) is 80.6 cm³/mol. The Balaban J connectivity index is 2.25. The van der Waals surface area contributed by atoms with Crippen molar-refractivity contribution in [2.45, 2.75) is 19.4 Å². The fourth-order valence-corrected chi connectivity index (χ4v) is 2.66. The molecule has 1 atom stereocenters. The van der Waals surface area contributed by atoms with Crippen molar-refractivity contribution in [1.29, 1.82) is 0 Å². The van der Waals surface area contributed by atoms with Crippen LogP contribution in [0.1, 0.15) is 24.1 Å². The monoisotopic (exact) mass is 339 g/mol. The van der Waals surface area contributed by atoms with Gasteiger partial charge in [-0.05, 0) is 48.4 Å². The highest BCUT2D eigenvalue weighted by Gasteiger charge is 2.12. The zero-order chi connectivity index (χ0) is 14.5. The highest BCUT2D eigenvalue weighted by Crippen LogP contribution is 2.22. The van der Waals surface area contributed by atoms with Gasteiger partial charge in [0, 0.05) is 16.6 Å². The van der Waals surface area contributed by atoms with Gasteiger partial charge in [-0.1, -0.05) is 35.0 Å². The topological polar surface area (TPSA) is 12.0 Å². The molecule has 0 bridgehead atoms. The summed E-state index contributed by atoms with van der Waals surface area (Å²) in [5, 5.41) is 3.35. The Morgan fingerprint density at radius 1 is 1.10 bits per heavy atom. The fraction of sp³-hybridized carbons (Fsp3) is 0.250. The molecule has 0 aliphatic rings. The standard InChI is InChI=1S/C16H16BrF2N/c1-2-20-16(12-4-3-5-13(17)9-12)8-11-6-14(18)10-15(19)7-11/h3-7,9-10,16,20H,2,8H2,1H3. The zero-order valence-electron chi connectivity index (χ0n) is 11.2. The van der Waals surface area contributed by atoms with Crippen molar-refractivity contribution < 1.29 is 8.78 Å². The lowest BCUT2D eigenvalue weighted by Crippen LogP contribution is -2.23. The average Bonchev–Trinajstić information content (AvgIpc) is 2.37. The third-order valence-electron chi connectivity index (χ3n) is 3.06. The quantitative estimate of drug-likeness (QED) is 0.837. The van der Waals surface area contributed by atoms with Crippen LogP contribution in [0.4, 0.5) is 8.78 Å². The molecule has 1 N–H and O–H groups in total. The number of benzene rings is 2. The Labute approximate surface area is 126 Å². The Morgan fingerprint density at radius 3 is 2.40 bits per heavy atom. The minimum Gasteiger partial charge on any atom is -0.310 e. The second-order valence-corrected chi connectivity index (χ2v) is 5.56. The number of hydrogen-bond donors (Lipinski definition) is 1. The molecule has 2 rings (SSSR count). The van der Waals surface area contributed by atoms with Crippen molar-refractivity contribution >= 4 is 15.9 Å². The molecule has 0 saturated carbocycles. The van der Waals surface area contributed by atoms with Crippen LogP contribution in [-0.2, 0) is 6.42 Å². The number of rotatable bonds is 5. The molecule has 0 spiro atoms. The largest absolute Gasteiger partial charge is 0.310 e. The van der Waals surface area contributed by atoms with Crippen molar-refractivity contribution in [3.63, 3.8) is 0 Å². The van der Waals surface area contributed by atoms with E-state index in [1.54, 1.807) is 0 Å². The van der Waals surface area contributed by atoms with Crippen LogP contribution < -0.4 is 5.32 Å². The SMILES string of the molecule is CCNC(Cc1cc(F)cc(F)c1)c1cccc(Br)c1. The maximum Gasteiger partial charge on any atom is 0.126 e. The number of likely N-dealkylation sites (N-methyl/N-ethyl adjacent to an activating group) is 1. The molecular formula is C16H16BrF2N. The van der Waals surface area contributed by atoms with E-state index >= 15 is 0 Å². The molecular weight excluding hydrogens is 324 g/mol. The first-order valence-corrected chi connectivity index (χ1v) is 7.31. The summed E-state index contributed by atoms with van der Waals surface area (Å²) in [5.74, 6) is -1.08. The van der Waals surface area contributed by atoms with Gasteiger partial charge in [0.2, 0.25) is 0 Å². The smallest absolute Gasteiger partial charge is 0.126 e. The van der Waals surface area contributed by atoms with Crippen LogP contribution >= 0.6 is 15.9 Å². The second kappa shape index (κ2) is 6.95. The summed E-state index contributed by atoms with van der Waals surface area (Å²) in [6.45, 7) is 2.80. The van der Waals surface area contributed by atoms with Gasteiger partial charge in [0.25, 0.3) is 0 Å². The maximum atomic E-state index is 13.3.